The predicted molar refractivity (Wildman–Crippen MR) is 142 cm³/mol. The molecule has 6 heterocycles. The summed E-state index contributed by atoms with van der Waals surface area (Å²) in [5, 5.41) is 9.73. The quantitative estimate of drug-likeness (QED) is 0.296. The van der Waals surface area contributed by atoms with Gasteiger partial charge >= 0.3 is 0 Å². The summed E-state index contributed by atoms with van der Waals surface area (Å²) in [6.07, 6.45) is 8.86. The van der Waals surface area contributed by atoms with Gasteiger partial charge in [-0.3, -0.25) is 25.0 Å². The molecule has 0 aliphatic carbocycles. The molecule has 188 valence electrons. The zero-order chi connectivity index (χ0) is 25.7. The summed E-state index contributed by atoms with van der Waals surface area (Å²) in [5.41, 5.74) is 8.12. The molecule has 0 radical (unpaired) electrons. The van der Waals surface area contributed by atoms with Crippen LogP contribution >= 0.6 is 0 Å². The smallest absolute Gasteiger partial charge is 0.261 e. The van der Waals surface area contributed by atoms with E-state index in [4.69, 9.17) is 0 Å². The summed E-state index contributed by atoms with van der Waals surface area (Å²) in [6.45, 7) is 0.643. The Morgan fingerprint density at radius 3 is 2.66 bits per heavy atom. The Balaban J connectivity index is 1.24. The molecule has 0 saturated carbocycles. The SMILES string of the molecule is FC1(F)CCN(Cc2cncc(-c3ccc4[nH]nc(-c5cc6c(-c7ccccn7)cncc6[nH]5)c4c3)c2)C1. The van der Waals surface area contributed by atoms with Crippen molar-refractivity contribution in [1.29, 1.82) is 0 Å². The summed E-state index contributed by atoms with van der Waals surface area (Å²) in [4.78, 5) is 18.5. The van der Waals surface area contributed by atoms with Crippen LogP contribution in [-0.4, -0.2) is 54.0 Å². The molecular weight excluding hydrogens is 484 g/mol. The number of hydrogen-bond acceptors (Lipinski definition) is 5. The van der Waals surface area contributed by atoms with E-state index in [9.17, 15) is 8.78 Å². The fraction of sp³-hybridized carbons (Fsp3) is 0.172. The van der Waals surface area contributed by atoms with Crippen molar-refractivity contribution in [3.8, 4) is 33.8 Å². The van der Waals surface area contributed by atoms with Gasteiger partial charge in [0.1, 0.15) is 5.69 Å². The second-order valence-corrected chi connectivity index (χ2v) is 9.78. The van der Waals surface area contributed by atoms with E-state index < -0.39 is 5.92 Å². The van der Waals surface area contributed by atoms with Crippen molar-refractivity contribution in [2.75, 3.05) is 13.1 Å². The van der Waals surface area contributed by atoms with Crippen molar-refractivity contribution in [3.05, 3.63) is 85.1 Å². The van der Waals surface area contributed by atoms with Gasteiger partial charge in [0.2, 0.25) is 0 Å². The molecule has 7 nitrogen and oxygen atoms in total. The number of H-pyrrole nitrogens is 2. The summed E-state index contributed by atoms with van der Waals surface area (Å²) in [6, 6.07) is 16.0. The van der Waals surface area contributed by atoms with Gasteiger partial charge in [-0.15, -0.1) is 0 Å². The Bertz CT molecular complexity index is 1770. The Labute approximate surface area is 216 Å². The van der Waals surface area contributed by atoms with Gasteiger partial charge in [-0.25, -0.2) is 8.78 Å². The molecule has 0 unspecified atom stereocenters. The Hall–Kier alpha value is -4.50. The molecular formula is C29H23F2N7. The van der Waals surface area contributed by atoms with Crippen LogP contribution in [0.15, 0.2) is 79.5 Å². The van der Waals surface area contributed by atoms with Crippen LogP contribution in [0.1, 0.15) is 12.0 Å². The number of benzene rings is 1. The molecule has 2 N–H and O–H groups in total. The van der Waals surface area contributed by atoms with E-state index in [0.29, 0.717) is 13.1 Å². The maximum atomic E-state index is 13.6. The molecule has 38 heavy (non-hydrogen) atoms. The van der Waals surface area contributed by atoms with E-state index in [0.717, 1.165) is 61.1 Å². The maximum absolute atomic E-state index is 13.6. The van der Waals surface area contributed by atoms with Crippen LogP contribution in [0.25, 0.3) is 55.6 Å². The first-order chi connectivity index (χ1) is 18.5. The van der Waals surface area contributed by atoms with Crippen molar-refractivity contribution in [2.45, 2.75) is 18.9 Å². The number of halogens is 2. The van der Waals surface area contributed by atoms with E-state index in [2.05, 4.69) is 42.3 Å². The van der Waals surface area contributed by atoms with Crippen LogP contribution < -0.4 is 0 Å². The van der Waals surface area contributed by atoms with Crippen molar-refractivity contribution in [2.24, 2.45) is 0 Å². The first kappa shape index (κ1) is 22.7. The molecule has 5 aromatic heterocycles. The van der Waals surface area contributed by atoms with Crippen LogP contribution in [0.4, 0.5) is 8.78 Å². The minimum Gasteiger partial charge on any atom is -0.352 e. The lowest BCUT2D eigenvalue weighted by Crippen LogP contribution is -2.24. The largest absolute Gasteiger partial charge is 0.352 e. The summed E-state index contributed by atoms with van der Waals surface area (Å²) in [7, 11) is 0. The van der Waals surface area contributed by atoms with Crippen LogP contribution in [0.3, 0.4) is 0 Å². The first-order valence-corrected chi connectivity index (χ1v) is 12.4. The van der Waals surface area contributed by atoms with Gasteiger partial charge in [0, 0.05) is 66.2 Å². The minimum absolute atomic E-state index is 0.0901. The second kappa shape index (κ2) is 8.81. The van der Waals surface area contributed by atoms with E-state index in [1.165, 1.54) is 0 Å². The number of rotatable bonds is 5. The highest BCUT2D eigenvalue weighted by molar-refractivity contribution is 6.01. The Morgan fingerprint density at radius 2 is 1.82 bits per heavy atom. The van der Waals surface area contributed by atoms with Crippen LogP contribution in [-0.2, 0) is 6.54 Å². The van der Waals surface area contributed by atoms with Gasteiger partial charge in [0.15, 0.2) is 0 Å². The normalized spacial score (nSPS) is 15.5. The highest BCUT2D eigenvalue weighted by atomic mass is 19.3. The molecule has 1 aliphatic heterocycles. The molecule has 1 aromatic carbocycles. The minimum atomic E-state index is -2.61. The molecule has 6 aromatic rings. The third-order valence-electron chi connectivity index (χ3n) is 7.09. The molecule has 1 fully saturated rings. The van der Waals surface area contributed by atoms with Crippen LogP contribution in [0, 0.1) is 0 Å². The molecule has 0 spiro atoms. The lowest BCUT2D eigenvalue weighted by Gasteiger charge is -2.15. The fourth-order valence-corrected chi connectivity index (χ4v) is 5.24. The van der Waals surface area contributed by atoms with E-state index >= 15 is 0 Å². The zero-order valence-electron chi connectivity index (χ0n) is 20.3. The molecule has 1 aliphatic rings. The number of aromatic amines is 2. The van der Waals surface area contributed by atoms with E-state index in [-0.39, 0.29) is 13.0 Å². The Morgan fingerprint density at radius 1 is 0.895 bits per heavy atom. The number of fused-ring (bicyclic) bond motifs is 2. The number of nitrogens with one attached hydrogen (secondary N) is 2. The Kier molecular flexibility index (Phi) is 5.26. The van der Waals surface area contributed by atoms with E-state index in [1.54, 1.807) is 29.7 Å². The van der Waals surface area contributed by atoms with Gasteiger partial charge in [-0.2, -0.15) is 5.10 Å². The molecule has 0 amide bonds. The third kappa shape index (κ3) is 4.10. The van der Waals surface area contributed by atoms with Crippen molar-refractivity contribution in [1.82, 2.24) is 35.0 Å². The van der Waals surface area contributed by atoms with Crippen molar-refractivity contribution in [3.63, 3.8) is 0 Å². The van der Waals surface area contributed by atoms with Gasteiger partial charge in [0.05, 0.1) is 35.2 Å². The van der Waals surface area contributed by atoms with Crippen molar-refractivity contribution >= 4 is 21.8 Å². The highest BCUT2D eigenvalue weighted by Crippen LogP contribution is 2.35. The molecule has 0 bridgehead atoms. The van der Waals surface area contributed by atoms with Crippen LogP contribution in [0.5, 0.6) is 0 Å². The highest BCUT2D eigenvalue weighted by Gasteiger charge is 2.37. The number of pyridine rings is 3. The average molecular weight is 508 g/mol. The van der Waals surface area contributed by atoms with Gasteiger partial charge < -0.3 is 4.98 Å². The van der Waals surface area contributed by atoms with Gasteiger partial charge in [-0.05, 0) is 47.5 Å². The number of alkyl halides is 2. The number of nitrogens with zero attached hydrogens (tertiary/aromatic N) is 5. The number of aromatic nitrogens is 6. The predicted octanol–water partition coefficient (Wildman–Crippen LogP) is 6.07. The monoisotopic (exact) mass is 507 g/mol. The van der Waals surface area contributed by atoms with Crippen LogP contribution in [0.2, 0.25) is 0 Å². The first-order valence-electron chi connectivity index (χ1n) is 12.4. The van der Waals surface area contributed by atoms with Gasteiger partial charge in [0.25, 0.3) is 5.92 Å². The standard InChI is InChI=1S/C29H23F2N7/c30-29(31)6-8-38(17-29)16-18-9-20(13-32-12-18)19-4-5-25-22(10-19)28(37-36-25)26-11-21-23(14-33-15-27(21)35-26)24-3-1-2-7-34-24/h1-5,7,9-15,35H,6,8,16-17H2,(H,36,37). The average Bonchev–Trinajstić information content (AvgIpc) is 3.64. The number of likely N-dealkylation sites (tertiary alicyclic amines) is 1. The molecule has 9 heteroatoms. The molecule has 1 saturated heterocycles. The summed E-state index contributed by atoms with van der Waals surface area (Å²) in [5.74, 6) is -2.61. The topological polar surface area (TPSA) is 86.4 Å². The third-order valence-corrected chi connectivity index (χ3v) is 7.09. The van der Waals surface area contributed by atoms with E-state index in [1.807, 2.05) is 42.6 Å². The maximum Gasteiger partial charge on any atom is 0.261 e. The second-order valence-electron chi connectivity index (χ2n) is 9.78. The summed E-state index contributed by atoms with van der Waals surface area (Å²) >= 11 is 0. The number of hydrogen-bond donors (Lipinski definition) is 2. The molecule has 7 rings (SSSR count). The lowest BCUT2D eigenvalue weighted by molar-refractivity contribution is 0.0115. The fourth-order valence-electron chi connectivity index (χ4n) is 5.24. The lowest BCUT2D eigenvalue weighted by atomic mass is 10.0. The molecule has 0 atom stereocenters. The summed E-state index contributed by atoms with van der Waals surface area (Å²) < 4.78 is 27.3. The zero-order valence-corrected chi connectivity index (χ0v) is 20.3. The van der Waals surface area contributed by atoms with Gasteiger partial charge in [-0.1, -0.05) is 12.1 Å². The van der Waals surface area contributed by atoms with Crippen molar-refractivity contribution < 1.29 is 8.78 Å².